The fourth-order valence-corrected chi connectivity index (χ4v) is 4.29. The summed E-state index contributed by atoms with van der Waals surface area (Å²) in [6, 6.07) is 22.6. The third kappa shape index (κ3) is 6.66. The second-order valence-electron chi connectivity index (χ2n) is 8.74. The van der Waals surface area contributed by atoms with E-state index in [1.807, 2.05) is 42.5 Å². The van der Waals surface area contributed by atoms with Gasteiger partial charge in [0.25, 0.3) is 0 Å². The van der Waals surface area contributed by atoms with Gasteiger partial charge in [-0.1, -0.05) is 66.7 Å². The van der Waals surface area contributed by atoms with E-state index in [0.29, 0.717) is 17.1 Å². The standard InChI is InChI=1S/C27H29N3O6S/c1-29(37(2,33)34)18-25(31)30(17-20-9-5-3-6-10-20)26(22-11-7-4-8-12-22)27(32)28-16-21-13-14-23-24(15-21)36-19-35-23/h3-15,26H,16-19H2,1-2H3,(H,28,32)/t26-/m0/s1. The number of rotatable bonds is 10. The van der Waals surface area contributed by atoms with E-state index in [1.165, 1.54) is 11.9 Å². The number of amides is 2. The van der Waals surface area contributed by atoms with Crippen LogP contribution in [0.25, 0.3) is 0 Å². The summed E-state index contributed by atoms with van der Waals surface area (Å²) in [5.41, 5.74) is 2.22. The minimum atomic E-state index is -3.60. The summed E-state index contributed by atoms with van der Waals surface area (Å²) in [7, 11) is -2.26. The molecule has 1 aliphatic rings. The van der Waals surface area contributed by atoms with Gasteiger partial charge in [0.2, 0.25) is 28.6 Å². The highest BCUT2D eigenvalue weighted by atomic mass is 32.2. The van der Waals surface area contributed by atoms with E-state index in [0.717, 1.165) is 21.7 Å². The lowest BCUT2D eigenvalue weighted by atomic mass is 10.0. The average molecular weight is 524 g/mol. The maximum absolute atomic E-state index is 13.7. The van der Waals surface area contributed by atoms with E-state index in [4.69, 9.17) is 9.47 Å². The molecule has 37 heavy (non-hydrogen) atoms. The zero-order chi connectivity index (χ0) is 26.4. The molecule has 3 aromatic carbocycles. The quantitative estimate of drug-likeness (QED) is 0.438. The highest BCUT2D eigenvalue weighted by molar-refractivity contribution is 7.88. The summed E-state index contributed by atoms with van der Waals surface area (Å²) in [5.74, 6) is 0.363. The molecule has 9 nitrogen and oxygen atoms in total. The first-order chi connectivity index (χ1) is 17.7. The molecular formula is C27H29N3O6S. The fraction of sp³-hybridized carbons (Fsp3) is 0.259. The smallest absolute Gasteiger partial charge is 0.247 e. The van der Waals surface area contributed by atoms with Crippen LogP contribution in [0, 0.1) is 0 Å². The van der Waals surface area contributed by atoms with Crippen LogP contribution < -0.4 is 14.8 Å². The minimum Gasteiger partial charge on any atom is -0.454 e. The van der Waals surface area contributed by atoms with Crippen LogP contribution >= 0.6 is 0 Å². The van der Waals surface area contributed by atoms with Crippen molar-refractivity contribution in [2.45, 2.75) is 19.1 Å². The van der Waals surface area contributed by atoms with Gasteiger partial charge < -0.3 is 19.7 Å². The molecule has 3 aromatic rings. The van der Waals surface area contributed by atoms with Gasteiger partial charge in [-0.15, -0.1) is 0 Å². The van der Waals surface area contributed by atoms with Crippen LogP contribution in [0.3, 0.4) is 0 Å². The summed E-state index contributed by atoms with van der Waals surface area (Å²) in [6.45, 7) is 0.0772. The third-order valence-corrected chi connectivity index (χ3v) is 7.28. The van der Waals surface area contributed by atoms with Crippen molar-refractivity contribution in [2.75, 3.05) is 26.6 Å². The number of likely N-dealkylation sites (N-methyl/N-ethyl adjacent to an activating group) is 1. The van der Waals surface area contributed by atoms with Gasteiger partial charge in [-0.3, -0.25) is 9.59 Å². The predicted molar refractivity (Wildman–Crippen MR) is 138 cm³/mol. The maximum atomic E-state index is 13.7. The van der Waals surface area contributed by atoms with Crippen molar-refractivity contribution in [2.24, 2.45) is 0 Å². The van der Waals surface area contributed by atoms with Crippen LogP contribution in [-0.2, 0) is 32.7 Å². The Hall–Kier alpha value is -3.89. The zero-order valence-electron chi connectivity index (χ0n) is 20.7. The lowest BCUT2D eigenvalue weighted by Gasteiger charge is -2.32. The molecule has 0 aromatic heterocycles. The Bertz CT molecular complexity index is 1350. The van der Waals surface area contributed by atoms with E-state index in [2.05, 4.69) is 5.32 Å². The number of carbonyl (C=O) groups excluding carboxylic acids is 2. The zero-order valence-corrected chi connectivity index (χ0v) is 21.5. The molecule has 0 saturated heterocycles. The molecule has 4 rings (SSSR count). The Kier molecular flexibility index (Phi) is 8.10. The SMILES string of the molecule is CN(CC(=O)N(Cc1ccccc1)[C@H](C(=O)NCc1ccc2c(c1)OCO2)c1ccccc1)S(C)(=O)=O. The number of nitrogens with zero attached hydrogens (tertiary/aromatic N) is 2. The van der Waals surface area contributed by atoms with Crippen molar-refractivity contribution in [3.8, 4) is 11.5 Å². The van der Waals surface area contributed by atoms with Crippen molar-refractivity contribution in [1.29, 1.82) is 0 Å². The second-order valence-corrected chi connectivity index (χ2v) is 10.8. The lowest BCUT2D eigenvalue weighted by molar-refractivity contribution is -0.141. The minimum absolute atomic E-state index is 0.119. The van der Waals surface area contributed by atoms with Gasteiger partial charge in [-0.05, 0) is 28.8 Å². The number of ether oxygens (including phenoxy) is 2. The molecule has 0 aliphatic carbocycles. The van der Waals surface area contributed by atoms with E-state index >= 15 is 0 Å². The highest BCUT2D eigenvalue weighted by Crippen LogP contribution is 2.32. The van der Waals surface area contributed by atoms with Crippen LogP contribution in [0.4, 0.5) is 0 Å². The molecule has 0 fully saturated rings. The summed E-state index contributed by atoms with van der Waals surface area (Å²) >= 11 is 0. The number of hydrogen-bond donors (Lipinski definition) is 1. The Morgan fingerprint density at radius 1 is 0.919 bits per heavy atom. The highest BCUT2D eigenvalue weighted by Gasteiger charge is 2.33. The number of fused-ring (bicyclic) bond motifs is 1. The maximum Gasteiger partial charge on any atom is 0.247 e. The summed E-state index contributed by atoms with van der Waals surface area (Å²) < 4.78 is 35.8. The molecule has 1 atom stereocenters. The number of carbonyl (C=O) groups is 2. The number of sulfonamides is 1. The van der Waals surface area contributed by atoms with Gasteiger partial charge in [0.15, 0.2) is 11.5 Å². The molecular weight excluding hydrogens is 494 g/mol. The fourth-order valence-electron chi connectivity index (χ4n) is 3.95. The Labute approximate surface area is 216 Å². The van der Waals surface area contributed by atoms with E-state index < -0.39 is 34.4 Å². The molecule has 0 saturated carbocycles. The number of nitrogens with one attached hydrogen (secondary N) is 1. The van der Waals surface area contributed by atoms with E-state index in [1.54, 1.807) is 36.4 Å². The molecule has 2 amide bonds. The molecule has 0 spiro atoms. The lowest BCUT2D eigenvalue weighted by Crippen LogP contribution is -2.47. The molecule has 0 unspecified atom stereocenters. The van der Waals surface area contributed by atoms with E-state index in [9.17, 15) is 18.0 Å². The second kappa shape index (κ2) is 11.4. The van der Waals surface area contributed by atoms with Crippen LogP contribution in [0.5, 0.6) is 11.5 Å². The molecule has 1 N–H and O–H groups in total. The largest absolute Gasteiger partial charge is 0.454 e. The Balaban J connectivity index is 1.63. The van der Waals surface area contributed by atoms with Crippen molar-refractivity contribution in [3.05, 3.63) is 95.6 Å². The molecule has 1 heterocycles. The Morgan fingerprint density at radius 2 is 1.57 bits per heavy atom. The molecule has 1 aliphatic heterocycles. The predicted octanol–water partition coefficient (Wildman–Crippen LogP) is 2.69. The normalized spacial score (nSPS) is 13.3. The van der Waals surface area contributed by atoms with Gasteiger partial charge in [0.1, 0.15) is 6.04 Å². The first-order valence-corrected chi connectivity index (χ1v) is 13.5. The molecule has 0 radical (unpaired) electrons. The summed E-state index contributed by atoms with van der Waals surface area (Å²) in [4.78, 5) is 28.6. The van der Waals surface area contributed by atoms with Gasteiger partial charge in [-0.2, -0.15) is 4.31 Å². The van der Waals surface area contributed by atoms with Crippen molar-refractivity contribution < 1.29 is 27.5 Å². The molecule has 0 bridgehead atoms. The van der Waals surface area contributed by atoms with Crippen LogP contribution in [0.2, 0.25) is 0 Å². The van der Waals surface area contributed by atoms with Crippen LogP contribution in [0.1, 0.15) is 22.7 Å². The monoisotopic (exact) mass is 523 g/mol. The van der Waals surface area contributed by atoms with Gasteiger partial charge in [0.05, 0.1) is 12.8 Å². The van der Waals surface area contributed by atoms with Gasteiger partial charge in [0, 0.05) is 20.1 Å². The third-order valence-electron chi connectivity index (χ3n) is 6.02. The van der Waals surface area contributed by atoms with Crippen LogP contribution in [0.15, 0.2) is 78.9 Å². The van der Waals surface area contributed by atoms with Crippen LogP contribution in [-0.4, -0.2) is 56.1 Å². The first-order valence-electron chi connectivity index (χ1n) is 11.7. The van der Waals surface area contributed by atoms with Gasteiger partial charge in [-0.25, -0.2) is 8.42 Å². The average Bonchev–Trinajstić information content (AvgIpc) is 3.36. The summed E-state index contributed by atoms with van der Waals surface area (Å²) in [6.07, 6.45) is 1.04. The first kappa shape index (κ1) is 26.2. The van der Waals surface area contributed by atoms with Crippen molar-refractivity contribution >= 4 is 21.8 Å². The molecule has 10 heteroatoms. The number of hydrogen-bond acceptors (Lipinski definition) is 6. The van der Waals surface area contributed by atoms with Crippen molar-refractivity contribution in [1.82, 2.24) is 14.5 Å². The number of benzene rings is 3. The van der Waals surface area contributed by atoms with E-state index in [-0.39, 0.29) is 19.9 Å². The van der Waals surface area contributed by atoms with Crippen molar-refractivity contribution in [3.63, 3.8) is 0 Å². The van der Waals surface area contributed by atoms with Gasteiger partial charge >= 0.3 is 0 Å². The topological polar surface area (TPSA) is 105 Å². The summed E-state index contributed by atoms with van der Waals surface area (Å²) in [5, 5.41) is 2.93. The molecule has 194 valence electrons. The Morgan fingerprint density at radius 3 is 2.24 bits per heavy atom.